The second-order valence-electron chi connectivity index (χ2n) is 2.72. The van der Waals surface area contributed by atoms with Crippen molar-refractivity contribution in [3.05, 3.63) is 29.3 Å². The topological polar surface area (TPSA) is 57.2 Å². The van der Waals surface area contributed by atoms with Crippen LogP contribution in [0.3, 0.4) is 0 Å². The second kappa shape index (κ2) is 4.29. The van der Waals surface area contributed by atoms with Crippen LogP contribution >= 0.6 is 0 Å². The van der Waals surface area contributed by atoms with Crippen molar-refractivity contribution >= 4 is 10.1 Å². The normalized spacial score (nSPS) is 10.7. The summed E-state index contributed by atoms with van der Waals surface area (Å²) < 4.78 is 31.8. The predicted molar refractivity (Wildman–Crippen MR) is 43.9 cm³/mol. The van der Waals surface area contributed by atoms with Gasteiger partial charge in [-0.2, -0.15) is 0 Å². The maximum Gasteiger partial charge on any atom is 1.00 e. The molecule has 0 unspecified atom stereocenters. The molecule has 1 aromatic rings. The maximum absolute atomic E-state index is 10.6. The zero-order valence-electron chi connectivity index (χ0n) is 7.87. The molecule has 0 aliphatic rings. The molecule has 3 nitrogen and oxygen atoms in total. The van der Waals surface area contributed by atoms with E-state index >= 15 is 0 Å². The van der Waals surface area contributed by atoms with Gasteiger partial charge >= 0.3 is 18.9 Å². The van der Waals surface area contributed by atoms with Gasteiger partial charge < -0.3 is 4.55 Å². The van der Waals surface area contributed by atoms with Crippen molar-refractivity contribution in [2.75, 3.05) is 0 Å². The predicted octanol–water partition coefficient (Wildman–Crippen LogP) is -1.79. The van der Waals surface area contributed by atoms with Crippen LogP contribution < -0.4 is 18.9 Å². The Labute approximate surface area is 90.1 Å². The van der Waals surface area contributed by atoms with Crippen LogP contribution in [0.2, 0.25) is 0 Å². The summed E-state index contributed by atoms with van der Waals surface area (Å²) in [5.74, 6) is 0. The molecule has 0 spiro atoms. The first-order chi connectivity index (χ1) is 5.41. The molecule has 0 saturated carbocycles. The van der Waals surface area contributed by atoms with E-state index in [4.69, 9.17) is 0 Å². The van der Waals surface area contributed by atoms with Crippen LogP contribution in [0.5, 0.6) is 0 Å². The van der Waals surface area contributed by atoms with Crippen molar-refractivity contribution in [1.29, 1.82) is 0 Å². The summed E-state index contributed by atoms with van der Waals surface area (Å²) in [5, 5.41) is 0. The van der Waals surface area contributed by atoms with Crippen LogP contribution in [-0.4, -0.2) is 13.0 Å². The van der Waals surface area contributed by atoms with Crippen LogP contribution in [-0.2, 0) is 10.1 Å². The van der Waals surface area contributed by atoms with E-state index in [-0.39, 0.29) is 23.8 Å². The van der Waals surface area contributed by atoms with Crippen LogP contribution in [0.1, 0.15) is 11.1 Å². The van der Waals surface area contributed by atoms with Crippen LogP contribution in [0.15, 0.2) is 23.1 Å². The van der Waals surface area contributed by atoms with Crippen molar-refractivity contribution in [1.82, 2.24) is 0 Å². The molecule has 0 N–H and O–H groups in total. The number of aryl methyl sites for hydroxylation is 2. The summed E-state index contributed by atoms with van der Waals surface area (Å²) in [6.45, 7) is 3.45. The van der Waals surface area contributed by atoms with Gasteiger partial charge in [-0.05, 0) is 25.5 Å². The second-order valence-corrected chi connectivity index (χ2v) is 4.07. The number of hydrogen-bond donors (Lipinski definition) is 0. The Kier molecular flexibility index (Phi) is 4.20. The molecule has 0 bridgehead atoms. The van der Waals surface area contributed by atoms with E-state index in [0.717, 1.165) is 5.56 Å². The Morgan fingerprint density at radius 1 is 1.23 bits per heavy atom. The van der Waals surface area contributed by atoms with Gasteiger partial charge in [0.25, 0.3) is 0 Å². The van der Waals surface area contributed by atoms with Gasteiger partial charge in [0.05, 0.1) is 4.90 Å². The minimum absolute atomic E-state index is 0. The van der Waals surface area contributed by atoms with Gasteiger partial charge in [-0.25, -0.2) is 8.42 Å². The third kappa shape index (κ3) is 3.16. The molecule has 0 amide bonds. The van der Waals surface area contributed by atoms with Crippen LogP contribution in [0, 0.1) is 13.8 Å². The van der Waals surface area contributed by atoms with E-state index in [1.807, 2.05) is 6.92 Å². The molecule has 13 heavy (non-hydrogen) atoms. The Balaban J connectivity index is 0.00000144. The first kappa shape index (κ1) is 12.7. The Hall–Kier alpha value is -0.273. The molecule has 0 atom stereocenters. The number of benzene rings is 1. The molecule has 0 aliphatic heterocycles. The molecule has 0 fully saturated rings. The molecule has 0 radical (unpaired) electrons. The van der Waals surface area contributed by atoms with Gasteiger partial charge in [-0.15, -0.1) is 0 Å². The number of hydrogen-bond acceptors (Lipinski definition) is 3. The fourth-order valence-corrected chi connectivity index (χ4v) is 1.77. The fraction of sp³-hybridized carbons (Fsp3) is 0.250. The molecule has 5 heteroatoms. The molecule has 0 aromatic heterocycles. The van der Waals surface area contributed by atoms with Gasteiger partial charge in [0.2, 0.25) is 0 Å². The average molecular weight is 192 g/mol. The van der Waals surface area contributed by atoms with Gasteiger partial charge in [0.15, 0.2) is 0 Å². The van der Waals surface area contributed by atoms with Crippen molar-refractivity contribution in [3.8, 4) is 0 Å². The van der Waals surface area contributed by atoms with Crippen molar-refractivity contribution in [2.45, 2.75) is 18.7 Å². The molecule has 0 saturated heterocycles. The largest absolute Gasteiger partial charge is 1.00 e. The van der Waals surface area contributed by atoms with Gasteiger partial charge in [0, 0.05) is 0 Å². The van der Waals surface area contributed by atoms with Crippen LogP contribution in [0.4, 0.5) is 0 Å². The first-order valence-electron chi connectivity index (χ1n) is 3.44. The summed E-state index contributed by atoms with van der Waals surface area (Å²) >= 11 is 0. The summed E-state index contributed by atoms with van der Waals surface area (Å²) in [6, 6.07) is 4.62. The smallest absolute Gasteiger partial charge is 0.744 e. The third-order valence-electron chi connectivity index (χ3n) is 1.60. The molecule has 66 valence electrons. The average Bonchev–Trinajstić information content (AvgIpc) is 1.83. The quantitative estimate of drug-likeness (QED) is 0.390. The molecule has 1 aromatic carbocycles. The summed E-state index contributed by atoms with van der Waals surface area (Å²) in [4.78, 5) is -0.131. The SMILES string of the molecule is Cc1ccc(S(=O)(=O)[O-])c(C)c1.[Li+]. The fourth-order valence-electron chi connectivity index (χ4n) is 1.08. The zero-order valence-corrected chi connectivity index (χ0v) is 8.68. The Morgan fingerprint density at radius 3 is 2.15 bits per heavy atom. The number of rotatable bonds is 1. The van der Waals surface area contributed by atoms with E-state index in [1.54, 1.807) is 19.1 Å². The van der Waals surface area contributed by atoms with Gasteiger partial charge in [-0.1, -0.05) is 17.7 Å². The van der Waals surface area contributed by atoms with E-state index in [0.29, 0.717) is 5.56 Å². The zero-order chi connectivity index (χ0) is 9.35. The molecule has 1 rings (SSSR count). The van der Waals surface area contributed by atoms with E-state index in [2.05, 4.69) is 0 Å². The van der Waals surface area contributed by atoms with Crippen molar-refractivity contribution in [2.24, 2.45) is 0 Å². The third-order valence-corrected chi connectivity index (χ3v) is 2.60. The summed E-state index contributed by atoms with van der Waals surface area (Å²) in [6.07, 6.45) is 0. The standard InChI is InChI=1S/C8H10O3S.Li/c1-6-3-4-8(7(2)5-6)12(9,10)11;/h3-5H,1-2H3,(H,9,10,11);/q;+1/p-1. The monoisotopic (exact) mass is 192 g/mol. The Morgan fingerprint density at radius 2 is 1.77 bits per heavy atom. The summed E-state index contributed by atoms with van der Waals surface area (Å²) in [7, 11) is -4.30. The summed E-state index contributed by atoms with van der Waals surface area (Å²) in [5.41, 5.74) is 1.45. The minimum atomic E-state index is -4.30. The van der Waals surface area contributed by atoms with E-state index in [1.165, 1.54) is 6.07 Å². The molecule has 0 aliphatic carbocycles. The molecular weight excluding hydrogens is 183 g/mol. The molecular formula is C8H9LiO3S. The Bertz CT molecular complexity index is 398. The maximum atomic E-state index is 10.6. The van der Waals surface area contributed by atoms with Gasteiger partial charge in [0.1, 0.15) is 10.1 Å². The van der Waals surface area contributed by atoms with Crippen molar-refractivity contribution in [3.63, 3.8) is 0 Å². The minimum Gasteiger partial charge on any atom is -0.744 e. The van der Waals surface area contributed by atoms with E-state index in [9.17, 15) is 13.0 Å². The van der Waals surface area contributed by atoms with Gasteiger partial charge in [-0.3, -0.25) is 0 Å². The first-order valence-corrected chi connectivity index (χ1v) is 4.85. The van der Waals surface area contributed by atoms with Crippen LogP contribution in [0.25, 0.3) is 0 Å². The van der Waals surface area contributed by atoms with Crippen molar-refractivity contribution < 1.29 is 31.8 Å². The molecule has 0 heterocycles. The van der Waals surface area contributed by atoms with E-state index < -0.39 is 10.1 Å².